The zero-order chi connectivity index (χ0) is 18.1. The second kappa shape index (κ2) is 7.07. The zero-order valence-corrected chi connectivity index (χ0v) is 16.1. The van der Waals surface area contributed by atoms with E-state index in [-0.39, 0.29) is 5.91 Å². The highest BCUT2D eigenvalue weighted by Gasteiger charge is 2.27. The molecule has 7 heteroatoms. The lowest BCUT2D eigenvalue weighted by Gasteiger charge is -2.32. The van der Waals surface area contributed by atoms with Gasteiger partial charge in [-0.3, -0.25) is 4.79 Å². The van der Waals surface area contributed by atoms with Crippen LogP contribution in [0.3, 0.4) is 0 Å². The molecular formula is C19H20BrN5O. The molecule has 2 aromatic heterocycles. The molecule has 1 amide bonds. The number of nitrogens with zero attached hydrogens (tertiary/aromatic N) is 5. The second-order valence-electron chi connectivity index (χ2n) is 6.57. The number of benzene rings is 1. The first-order valence-corrected chi connectivity index (χ1v) is 9.53. The van der Waals surface area contributed by atoms with Gasteiger partial charge in [-0.2, -0.15) is 0 Å². The number of hydrogen-bond donors (Lipinski definition) is 0. The summed E-state index contributed by atoms with van der Waals surface area (Å²) in [5.41, 5.74) is 2.08. The molecule has 0 aliphatic carbocycles. The van der Waals surface area contributed by atoms with Crippen molar-refractivity contribution in [3.05, 3.63) is 64.7 Å². The highest BCUT2D eigenvalue weighted by Crippen LogP contribution is 2.24. The van der Waals surface area contributed by atoms with Gasteiger partial charge in [-0.15, -0.1) is 5.10 Å². The molecule has 0 spiro atoms. The van der Waals surface area contributed by atoms with Crippen LogP contribution in [0.4, 0.5) is 0 Å². The zero-order valence-electron chi connectivity index (χ0n) is 14.5. The van der Waals surface area contributed by atoms with E-state index in [1.807, 2.05) is 48.2 Å². The molecule has 6 nitrogen and oxygen atoms in total. The average Bonchev–Trinajstić information content (AvgIpc) is 3.31. The van der Waals surface area contributed by atoms with Gasteiger partial charge in [0.15, 0.2) is 5.69 Å². The predicted octanol–water partition coefficient (Wildman–Crippen LogP) is 3.62. The third-order valence-electron chi connectivity index (χ3n) is 4.95. The molecule has 1 aromatic carbocycles. The number of rotatable bonds is 3. The van der Waals surface area contributed by atoms with Gasteiger partial charge in [0.2, 0.25) is 0 Å². The van der Waals surface area contributed by atoms with E-state index >= 15 is 0 Å². The highest BCUT2D eigenvalue weighted by molar-refractivity contribution is 9.10. The summed E-state index contributed by atoms with van der Waals surface area (Å²) < 4.78 is 4.91. The fourth-order valence-electron chi connectivity index (χ4n) is 3.49. The maximum atomic E-state index is 12.9. The molecule has 0 atom stereocenters. The van der Waals surface area contributed by atoms with Gasteiger partial charge in [-0.25, -0.2) is 4.68 Å². The second-order valence-corrected chi connectivity index (χ2v) is 7.48. The van der Waals surface area contributed by atoms with Gasteiger partial charge >= 0.3 is 0 Å². The van der Waals surface area contributed by atoms with E-state index < -0.39 is 0 Å². The summed E-state index contributed by atoms with van der Waals surface area (Å²) in [6.45, 7) is 3.37. The first-order chi connectivity index (χ1) is 12.6. The first kappa shape index (κ1) is 17.0. The molecule has 0 saturated carbocycles. The maximum Gasteiger partial charge on any atom is 0.276 e. The summed E-state index contributed by atoms with van der Waals surface area (Å²) in [7, 11) is 0. The van der Waals surface area contributed by atoms with Gasteiger partial charge in [0.1, 0.15) is 0 Å². The van der Waals surface area contributed by atoms with Gasteiger partial charge in [0.05, 0.1) is 11.4 Å². The molecule has 4 rings (SSSR count). The lowest BCUT2D eigenvalue weighted by atomic mass is 10.0. The quantitative estimate of drug-likeness (QED) is 0.658. The molecule has 0 unspecified atom stereocenters. The van der Waals surface area contributed by atoms with Crippen molar-refractivity contribution < 1.29 is 4.79 Å². The van der Waals surface area contributed by atoms with Crippen LogP contribution in [0.1, 0.15) is 35.1 Å². The third kappa shape index (κ3) is 3.19. The van der Waals surface area contributed by atoms with Crippen molar-refractivity contribution >= 4 is 21.8 Å². The molecular weight excluding hydrogens is 394 g/mol. The van der Waals surface area contributed by atoms with Crippen molar-refractivity contribution in [1.29, 1.82) is 0 Å². The Hall–Kier alpha value is -2.41. The van der Waals surface area contributed by atoms with Crippen molar-refractivity contribution in [1.82, 2.24) is 24.5 Å². The van der Waals surface area contributed by atoms with Crippen LogP contribution in [0.2, 0.25) is 0 Å². The number of aromatic nitrogens is 4. The fourth-order valence-corrected chi connectivity index (χ4v) is 3.88. The van der Waals surface area contributed by atoms with Crippen LogP contribution in [-0.2, 0) is 0 Å². The van der Waals surface area contributed by atoms with Gasteiger partial charge in [-0.05, 0) is 50.1 Å². The summed E-state index contributed by atoms with van der Waals surface area (Å²) in [6.07, 6.45) is 6.10. The molecule has 1 aliphatic heterocycles. The molecule has 3 heterocycles. The van der Waals surface area contributed by atoms with Crippen LogP contribution < -0.4 is 0 Å². The van der Waals surface area contributed by atoms with Crippen LogP contribution in [-0.4, -0.2) is 43.5 Å². The molecule has 3 aromatic rings. The number of likely N-dealkylation sites (tertiary alicyclic amines) is 1. The minimum Gasteiger partial charge on any atom is -0.351 e. The van der Waals surface area contributed by atoms with Crippen LogP contribution in [0.15, 0.2) is 53.3 Å². The van der Waals surface area contributed by atoms with Crippen LogP contribution in [0.25, 0.3) is 5.69 Å². The third-order valence-corrected chi connectivity index (χ3v) is 5.44. The normalized spacial score (nSPS) is 15.4. The number of carbonyl (C=O) groups excluding carboxylic acids is 1. The Balaban J connectivity index is 1.49. The fraction of sp³-hybridized carbons (Fsp3) is 0.316. The predicted molar refractivity (Wildman–Crippen MR) is 102 cm³/mol. The lowest BCUT2D eigenvalue weighted by molar-refractivity contribution is 0.0688. The Bertz CT molecular complexity index is 910. The topological polar surface area (TPSA) is 56.0 Å². The van der Waals surface area contributed by atoms with Crippen LogP contribution in [0.5, 0.6) is 0 Å². The Morgan fingerprint density at radius 2 is 1.88 bits per heavy atom. The SMILES string of the molecule is Cc1c(C(=O)N2CCC(n3cccc3)CC2)nnn1-c1cccc(Br)c1. The van der Waals surface area contributed by atoms with Crippen molar-refractivity contribution in [3.8, 4) is 5.69 Å². The van der Waals surface area contributed by atoms with E-state index in [4.69, 9.17) is 0 Å². The summed E-state index contributed by atoms with van der Waals surface area (Å²) in [5, 5.41) is 8.36. The van der Waals surface area contributed by atoms with E-state index in [9.17, 15) is 4.79 Å². The molecule has 1 fully saturated rings. The average molecular weight is 414 g/mol. The van der Waals surface area contributed by atoms with Gasteiger partial charge in [-0.1, -0.05) is 27.2 Å². The lowest BCUT2D eigenvalue weighted by Crippen LogP contribution is -2.39. The minimum atomic E-state index is -0.0327. The molecule has 0 bridgehead atoms. The molecule has 26 heavy (non-hydrogen) atoms. The Morgan fingerprint density at radius 1 is 1.15 bits per heavy atom. The molecule has 0 N–H and O–H groups in total. The van der Waals surface area contributed by atoms with Crippen molar-refractivity contribution in [2.75, 3.05) is 13.1 Å². The molecule has 1 saturated heterocycles. The van der Waals surface area contributed by atoms with Crippen molar-refractivity contribution in [3.63, 3.8) is 0 Å². The van der Waals surface area contributed by atoms with Gasteiger partial charge < -0.3 is 9.47 Å². The largest absolute Gasteiger partial charge is 0.351 e. The summed E-state index contributed by atoms with van der Waals surface area (Å²) in [6, 6.07) is 12.3. The Labute approximate surface area is 160 Å². The number of piperidine rings is 1. The molecule has 1 aliphatic rings. The standard InChI is InChI=1S/C19H20BrN5O/c1-14-18(21-22-25(14)17-6-4-5-15(20)13-17)19(26)24-11-7-16(8-12-24)23-9-2-3-10-23/h2-6,9-10,13,16H,7-8,11-12H2,1H3. The summed E-state index contributed by atoms with van der Waals surface area (Å²) in [4.78, 5) is 14.8. The Kier molecular flexibility index (Phi) is 4.63. The van der Waals surface area contributed by atoms with E-state index in [2.05, 4.69) is 43.2 Å². The smallest absolute Gasteiger partial charge is 0.276 e. The van der Waals surface area contributed by atoms with Crippen LogP contribution in [0, 0.1) is 6.92 Å². The minimum absolute atomic E-state index is 0.0327. The number of amides is 1. The van der Waals surface area contributed by atoms with E-state index in [1.54, 1.807) is 4.68 Å². The monoisotopic (exact) mass is 413 g/mol. The molecule has 134 valence electrons. The van der Waals surface area contributed by atoms with E-state index in [0.717, 1.165) is 41.8 Å². The highest BCUT2D eigenvalue weighted by atomic mass is 79.9. The van der Waals surface area contributed by atoms with E-state index in [0.29, 0.717) is 11.7 Å². The number of halogens is 1. The first-order valence-electron chi connectivity index (χ1n) is 8.73. The van der Waals surface area contributed by atoms with Crippen molar-refractivity contribution in [2.45, 2.75) is 25.8 Å². The number of hydrogen-bond acceptors (Lipinski definition) is 3. The summed E-state index contributed by atoms with van der Waals surface area (Å²) >= 11 is 3.47. The molecule has 0 radical (unpaired) electrons. The van der Waals surface area contributed by atoms with Gasteiger partial charge in [0.25, 0.3) is 5.91 Å². The van der Waals surface area contributed by atoms with Gasteiger partial charge in [0, 0.05) is 36.0 Å². The van der Waals surface area contributed by atoms with Crippen molar-refractivity contribution in [2.24, 2.45) is 0 Å². The van der Waals surface area contributed by atoms with Crippen LogP contribution >= 0.6 is 15.9 Å². The maximum absolute atomic E-state index is 12.9. The Morgan fingerprint density at radius 3 is 2.58 bits per heavy atom. The van der Waals surface area contributed by atoms with E-state index in [1.165, 1.54) is 0 Å². The number of carbonyl (C=O) groups is 1. The summed E-state index contributed by atoms with van der Waals surface area (Å²) in [5.74, 6) is -0.0327.